The molecule has 2 nitrogen and oxygen atoms in total. The molecule has 0 aromatic heterocycles. The summed E-state index contributed by atoms with van der Waals surface area (Å²) in [5.41, 5.74) is 0.531. The molecule has 2 rings (SSSR count). The third-order valence-electron chi connectivity index (χ3n) is 2.80. The molecule has 102 valence electrons. The van der Waals surface area contributed by atoms with Gasteiger partial charge in [-0.25, -0.2) is 13.2 Å². The fourth-order valence-corrected chi connectivity index (χ4v) is 1.79. The van der Waals surface area contributed by atoms with Crippen LogP contribution in [0.25, 0.3) is 0 Å². The number of hydrogen-bond acceptors (Lipinski definition) is 2. The van der Waals surface area contributed by atoms with Crippen molar-refractivity contribution in [1.29, 1.82) is 5.26 Å². The Morgan fingerprint density at radius 3 is 2.15 bits per heavy atom. The maximum atomic E-state index is 13.6. The lowest BCUT2D eigenvalue weighted by Crippen LogP contribution is -2.08. The van der Waals surface area contributed by atoms with Crippen molar-refractivity contribution in [2.45, 2.75) is 6.42 Å². The zero-order valence-electron chi connectivity index (χ0n) is 10.5. The highest BCUT2D eigenvalue weighted by Crippen LogP contribution is 2.20. The van der Waals surface area contributed by atoms with Crippen LogP contribution in [-0.4, -0.2) is 6.54 Å². The highest BCUT2D eigenvalue weighted by Gasteiger charge is 2.10. The minimum atomic E-state index is -0.805. The number of anilines is 1. The number of benzene rings is 2. The van der Waals surface area contributed by atoms with Gasteiger partial charge in [0, 0.05) is 6.54 Å². The Kier molecular flexibility index (Phi) is 4.26. The second kappa shape index (κ2) is 6.11. The molecule has 20 heavy (non-hydrogen) atoms. The molecule has 5 heteroatoms. The van der Waals surface area contributed by atoms with E-state index in [-0.39, 0.29) is 17.1 Å². The number of nitrogens with one attached hydrogen (secondary N) is 1. The highest BCUT2D eigenvalue weighted by atomic mass is 19.1. The van der Waals surface area contributed by atoms with Gasteiger partial charge in [-0.3, -0.25) is 0 Å². The second-order valence-electron chi connectivity index (χ2n) is 4.23. The molecule has 0 aliphatic carbocycles. The van der Waals surface area contributed by atoms with E-state index < -0.39 is 11.6 Å². The summed E-state index contributed by atoms with van der Waals surface area (Å²) in [6, 6.07) is 9.52. The summed E-state index contributed by atoms with van der Waals surface area (Å²) in [7, 11) is 0. The van der Waals surface area contributed by atoms with E-state index in [9.17, 15) is 13.2 Å². The molecule has 0 spiro atoms. The minimum absolute atomic E-state index is 0.0657. The van der Waals surface area contributed by atoms with E-state index in [0.29, 0.717) is 13.0 Å². The first-order valence-electron chi connectivity index (χ1n) is 5.97. The maximum Gasteiger partial charge on any atom is 0.150 e. The highest BCUT2D eigenvalue weighted by molar-refractivity contribution is 5.50. The lowest BCUT2D eigenvalue weighted by Gasteiger charge is -2.09. The first-order valence-corrected chi connectivity index (χ1v) is 5.97. The number of rotatable bonds is 4. The second-order valence-corrected chi connectivity index (χ2v) is 4.23. The predicted octanol–water partition coefficient (Wildman–Crippen LogP) is 3.63. The van der Waals surface area contributed by atoms with Gasteiger partial charge < -0.3 is 5.32 Å². The van der Waals surface area contributed by atoms with Gasteiger partial charge in [-0.1, -0.05) is 12.1 Å². The van der Waals surface area contributed by atoms with Crippen LogP contribution in [0, 0.1) is 28.8 Å². The van der Waals surface area contributed by atoms with E-state index in [2.05, 4.69) is 5.32 Å². The third-order valence-corrected chi connectivity index (χ3v) is 2.80. The molecule has 0 aliphatic rings. The van der Waals surface area contributed by atoms with Crippen LogP contribution in [0.1, 0.15) is 11.1 Å². The van der Waals surface area contributed by atoms with Gasteiger partial charge in [0.05, 0.1) is 11.6 Å². The molecule has 2 aromatic rings. The largest absolute Gasteiger partial charge is 0.380 e. The Morgan fingerprint density at radius 1 is 1.00 bits per heavy atom. The molecule has 1 N–H and O–H groups in total. The Morgan fingerprint density at radius 2 is 1.60 bits per heavy atom. The van der Waals surface area contributed by atoms with Crippen molar-refractivity contribution >= 4 is 5.69 Å². The van der Waals surface area contributed by atoms with E-state index in [4.69, 9.17) is 5.26 Å². The van der Waals surface area contributed by atoms with Crippen molar-refractivity contribution in [2.24, 2.45) is 0 Å². The normalized spacial score (nSPS) is 10.1. The van der Waals surface area contributed by atoms with Crippen LogP contribution >= 0.6 is 0 Å². The van der Waals surface area contributed by atoms with Crippen LogP contribution < -0.4 is 5.32 Å². The van der Waals surface area contributed by atoms with Crippen LogP contribution in [-0.2, 0) is 6.42 Å². The fourth-order valence-electron chi connectivity index (χ4n) is 1.79. The Bertz CT molecular complexity index is 622. The Labute approximate surface area is 114 Å². The van der Waals surface area contributed by atoms with Gasteiger partial charge in [0.15, 0.2) is 11.6 Å². The summed E-state index contributed by atoms with van der Waals surface area (Å²) in [4.78, 5) is 0. The Hall–Kier alpha value is -2.48. The van der Waals surface area contributed by atoms with Crippen LogP contribution in [0.3, 0.4) is 0 Å². The van der Waals surface area contributed by atoms with Crippen molar-refractivity contribution in [3.63, 3.8) is 0 Å². The van der Waals surface area contributed by atoms with Crippen LogP contribution in [0.5, 0.6) is 0 Å². The molecule has 0 amide bonds. The summed E-state index contributed by atoms with van der Waals surface area (Å²) < 4.78 is 39.9. The molecule has 0 saturated heterocycles. The molecule has 0 radical (unpaired) electrons. The SMILES string of the molecule is N#Cc1cc(F)c(NCCc2ccc(F)cc2)c(F)c1. The molecule has 0 atom stereocenters. The van der Waals surface area contributed by atoms with E-state index in [0.717, 1.165) is 17.7 Å². The standard InChI is InChI=1S/C15H11F3N2/c16-12-3-1-10(2-4-12)5-6-20-15-13(17)7-11(9-19)8-14(15)18/h1-4,7-8,20H,5-6H2. The van der Waals surface area contributed by atoms with E-state index in [1.54, 1.807) is 18.2 Å². The van der Waals surface area contributed by atoms with E-state index >= 15 is 0 Å². The molecular formula is C15H11F3N2. The molecular weight excluding hydrogens is 265 g/mol. The van der Waals surface area contributed by atoms with Crippen molar-refractivity contribution in [3.05, 3.63) is 65.0 Å². The summed E-state index contributed by atoms with van der Waals surface area (Å²) in [5.74, 6) is -1.94. The van der Waals surface area contributed by atoms with Gasteiger partial charge >= 0.3 is 0 Å². The number of nitriles is 1. The maximum absolute atomic E-state index is 13.6. The van der Waals surface area contributed by atoms with Crippen molar-refractivity contribution in [3.8, 4) is 6.07 Å². The third kappa shape index (κ3) is 3.29. The van der Waals surface area contributed by atoms with E-state index in [1.807, 2.05) is 0 Å². The van der Waals surface area contributed by atoms with Gasteiger partial charge in [-0.2, -0.15) is 5.26 Å². The molecule has 0 heterocycles. The van der Waals surface area contributed by atoms with Crippen molar-refractivity contribution in [1.82, 2.24) is 0 Å². The average molecular weight is 276 g/mol. The molecule has 0 aliphatic heterocycles. The van der Waals surface area contributed by atoms with Gasteiger partial charge in [0.25, 0.3) is 0 Å². The number of nitrogens with zero attached hydrogens (tertiary/aromatic N) is 1. The average Bonchev–Trinajstić information content (AvgIpc) is 2.43. The lowest BCUT2D eigenvalue weighted by atomic mass is 10.1. The first-order chi connectivity index (χ1) is 9.60. The van der Waals surface area contributed by atoms with Crippen molar-refractivity contribution < 1.29 is 13.2 Å². The topological polar surface area (TPSA) is 35.8 Å². The molecule has 0 unspecified atom stereocenters. The molecule has 0 fully saturated rings. The fraction of sp³-hybridized carbons (Fsp3) is 0.133. The first kappa shape index (κ1) is 13.9. The van der Waals surface area contributed by atoms with Crippen LogP contribution in [0.2, 0.25) is 0 Å². The van der Waals surface area contributed by atoms with Gasteiger partial charge in [-0.15, -0.1) is 0 Å². The summed E-state index contributed by atoms with van der Waals surface area (Å²) >= 11 is 0. The zero-order chi connectivity index (χ0) is 14.5. The van der Waals surface area contributed by atoms with Crippen LogP contribution in [0.4, 0.5) is 18.9 Å². The molecule has 2 aromatic carbocycles. The monoisotopic (exact) mass is 276 g/mol. The minimum Gasteiger partial charge on any atom is -0.380 e. The Balaban J connectivity index is 2.01. The van der Waals surface area contributed by atoms with Gasteiger partial charge in [-0.05, 0) is 36.2 Å². The van der Waals surface area contributed by atoms with E-state index in [1.165, 1.54) is 12.1 Å². The summed E-state index contributed by atoms with van der Waals surface area (Å²) in [6.45, 7) is 0.297. The van der Waals surface area contributed by atoms with Gasteiger partial charge in [0.2, 0.25) is 0 Å². The predicted molar refractivity (Wildman–Crippen MR) is 69.7 cm³/mol. The van der Waals surface area contributed by atoms with Crippen molar-refractivity contribution in [2.75, 3.05) is 11.9 Å². The zero-order valence-corrected chi connectivity index (χ0v) is 10.5. The quantitative estimate of drug-likeness (QED) is 0.925. The smallest absolute Gasteiger partial charge is 0.150 e. The number of hydrogen-bond donors (Lipinski definition) is 1. The van der Waals surface area contributed by atoms with Gasteiger partial charge in [0.1, 0.15) is 11.5 Å². The molecule has 0 bridgehead atoms. The van der Waals surface area contributed by atoms with Crippen LogP contribution in [0.15, 0.2) is 36.4 Å². The summed E-state index contributed by atoms with van der Waals surface area (Å²) in [5, 5.41) is 11.2. The number of halogens is 3. The summed E-state index contributed by atoms with van der Waals surface area (Å²) in [6.07, 6.45) is 0.499. The lowest BCUT2D eigenvalue weighted by molar-refractivity contribution is 0.587. The molecule has 0 saturated carbocycles.